The molecule has 3 aliphatic heterocycles. The third-order valence-corrected chi connectivity index (χ3v) is 8.60. The smallest absolute Gasteiger partial charge is 0.255 e. The summed E-state index contributed by atoms with van der Waals surface area (Å²) >= 11 is 0. The molecule has 2 N–H and O–H groups in total. The second-order valence-electron chi connectivity index (χ2n) is 11.3. The number of piperidine rings is 1. The molecule has 1 aromatic heterocycles. The number of aromatic nitrogens is 1. The number of likely N-dealkylation sites (tertiary alicyclic amines) is 1. The summed E-state index contributed by atoms with van der Waals surface area (Å²) < 4.78 is 17.6. The molecule has 8 nitrogen and oxygen atoms in total. The first-order valence-electron chi connectivity index (χ1n) is 14.6. The van der Waals surface area contributed by atoms with Crippen molar-refractivity contribution in [3.63, 3.8) is 0 Å². The Bertz CT molecular complexity index is 1090. The fraction of sp³-hybridized carbons (Fsp3) is 0.613. The molecule has 4 atom stereocenters. The van der Waals surface area contributed by atoms with Crippen molar-refractivity contribution in [3.05, 3.63) is 58.9 Å². The van der Waals surface area contributed by atoms with Crippen LogP contribution in [0.5, 0.6) is 0 Å². The topological polar surface area (TPSA) is 85.0 Å². The zero-order chi connectivity index (χ0) is 27.2. The van der Waals surface area contributed by atoms with Gasteiger partial charge in [0.2, 0.25) is 0 Å². The molecule has 212 valence electrons. The predicted octanol–water partition coefficient (Wildman–Crippen LogP) is 4.42. The lowest BCUT2D eigenvalue weighted by Gasteiger charge is -2.38. The molecular formula is C31H44N4O4. The summed E-state index contributed by atoms with van der Waals surface area (Å²) in [5, 5.41) is 7.30. The first kappa shape index (κ1) is 28.0. The van der Waals surface area contributed by atoms with E-state index in [1.54, 1.807) is 13.3 Å². The van der Waals surface area contributed by atoms with Crippen LogP contribution in [0, 0.1) is 13.8 Å². The Kier molecular flexibility index (Phi) is 9.50. The van der Waals surface area contributed by atoms with E-state index in [9.17, 15) is 4.79 Å². The highest BCUT2D eigenvalue weighted by molar-refractivity contribution is 5.96. The minimum absolute atomic E-state index is 0.0660. The molecule has 3 saturated heterocycles. The number of nitrogens with one attached hydrogen (secondary N) is 2. The molecule has 2 aromatic rings. The van der Waals surface area contributed by atoms with Gasteiger partial charge in [-0.15, -0.1) is 0 Å². The van der Waals surface area contributed by atoms with Crippen molar-refractivity contribution in [2.24, 2.45) is 0 Å². The van der Waals surface area contributed by atoms with Crippen LogP contribution in [0.15, 0.2) is 36.7 Å². The molecule has 0 aliphatic carbocycles. The minimum atomic E-state index is 0.0660. The van der Waals surface area contributed by atoms with E-state index < -0.39 is 0 Å². The second kappa shape index (κ2) is 13.2. The van der Waals surface area contributed by atoms with E-state index in [0.29, 0.717) is 30.8 Å². The van der Waals surface area contributed by atoms with Gasteiger partial charge in [-0.05, 0) is 63.5 Å². The third-order valence-electron chi connectivity index (χ3n) is 8.60. The first-order chi connectivity index (χ1) is 19.0. The van der Waals surface area contributed by atoms with Gasteiger partial charge in [-0.3, -0.25) is 9.78 Å². The Balaban J connectivity index is 1.13. The van der Waals surface area contributed by atoms with Crippen LogP contribution in [0.3, 0.4) is 0 Å². The number of carbonyl (C=O) groups is 1. The Morgan fingerprint density at radius 3 is 2.64 bits per heavy atom. The highest BCUT2D eigenvalue weighted by Gasteiger charge is 2.31. The first-order valence-corrected chi connectivity index (χ1v) is 14.6. The van der Waals surface area contributed by atoms with E-state index in [2.05, 4.69) is 46.8 Å². The summed E-state index contributed by atoms with van der Waals surface area (Å²) in [6.45, 7) is 7.72. The molecule has 3 fully saturated rings. The molecule has 0 spiro atoms. The molecule has 0 saturated carbocycles. The second-order valence-corrected chi connectivity index (χ2v) is 11.3. The largest absolute Gasteiger partial charge is 0.381 e. The lowest BCUT2D eigenvalue weighted by molar-refractivity contribution is -0.0533. The summed E-state index contributed by atoms with van der Waals surface area (Å²) in [7, 11) is 1.75. The van der Waals surface area contributed by atoms with Gasteiger partial charge in [0, 0.05) is 51.6 Å². The monoisotopic (exact) mass is 536 g/mol. The lowest BCUT2D eigenvalue weighted by Crippen LogP contribution is -2.54. The number of rotatable bonds is 8. The number of carbonyl (C=O) groups excluding carboxylic acids is 1. The zero-order valence-corrected chi connectivity index (χ0v) is 23.7. The van der Waals surface area contributed by atoms with Crippen molar-refractivity contribution in [2.75, 3.05) is 45.3 Å². The molecule has 3 aliphatic rings. The quantitative estimate of drug-likeness (QED) is 0.517. The van der Waals surface area contributed by atoms with Crippen LogP contribution in [0.2, 0.25) is 0 Å². The SMILES string of the molecule is CO[C@H]1COCC[C@H]1NC1CCN(C(=O)c2cncc(NC[C@H]3CCC[C@@H](c4ccc(C)cc4)O3)c2C)CC1. The summed E-state index contributed by atoms with van der Waals surface area (Å²) in [5.41, 5.74) is 5.05. The maximum absolute atomic E-state index is 13.5. The molecule has 39 heavy (non-hydrogen) atoms. The highest BCUT2D eigenvalue weighted by Crippen LogP contribution is 2.32. The van der Waals surface area contributed by atoms with Crippen LogP contribution in [0.4, 0.5) is 5.69 Å². The number of amides is 1. The van der Waals surface area contributed by atoms with Gasteiger partial charge >= 0.3 is 0 Å². The van der Waals surface area contributed by atoms with Crippen LogP contribution in [0.1, 0.15) is 71.7 Å². The third kappa shape index (κ3) is 6.98. The minimum Gasteiger partial charge on any atom is -0.381 e. The molecule has 4 heterocycles. The van der Waals surface area contributed by atoms with Crippen LogP contribution in [-0.4, -0.2) is 80.0 Å². The van der Waals surface area contributed by atoms with Gasteiger partial charge in [0.1, 0.15) is 0 Å². The van der Waals surface area contributed by atoms with Crippen LogP contribution < -0.4 is 10.6 Å². The number of benzene rings is 1. The summed E-state index contributed by atoms with van der Waals surface area (Å²) in [6, 6.07) is 9.37. The number of pyridine rings is 1. The van der Waals surface area contributed by atoms with Gasteiger partial charge in [-0.2, -0.15) is 0 Å². The Labute approximate surface area is 232 Å². The van der Waals surface area contributed by atoms with Crippen molar-refractivity contribution in [2.45, 2.75) is 82.8 Å². The van der Waals surface area contributed by atoms with E-state index in [-0.39, 0.29) is 24.2 Å². The molecule has 1 amide bonds. The van der Waals surface area contributed by atoms with E-state index in [4.69, 9.17) is 14.2 Å². The van der Waals surface area contributed by atoms with Crippen molar-refractivity contribution in [1.82, 2.24) is 15.2 Å². The number of hydrogen-bond donors (Lipinski definition) is 2. The van der Waals surface area contributed by atoms with E-state index in [0.717, 1.165) is 69.5 Å². The van der Waals surface area contributed by atoms with Crippen LogP contribution >= 0.6 is 0 Å². The molecule has 0 bridgehead atoms. The van der Waals surface area contributed by atoms with Crippen molar-refractivity contribution in [3.8, 4) is 0 Å². The molecule has 8 heteroatoms. The summed E-state index contributed by atoms with van der Waals surface area (Å²) in [5.74, 6) is 0.0660. The van der Waals surface area contributed by atoms with E-state index >= 15 is 0 Å². The van der Waals surface area contributed by atoms with Gasteiger partial charge in [0.25, 0.3) is 5.91 Å². The maximum Gasteiger partial charge on any atom is 0.255 e. The fourth-order valence-corrected chi connectivity index (χ4v) is 6.08. The predicted molar refractivity (Wildman–Crippen MR) is 152 cm³/mol. The van der Waals surface area contributed by atoms with Crippen molar-refractivity contribution >= 4 is 11.6 Å². The van der Waals surface area contributed by atoms with E-state index in [1.807, 2.05) is 18.0 Å². The molecule has 1 aromatic carbocycles. The molecule has 0 radical (unpaired) electrons. The summed E-state index contributed by atoms with van der Waals surface area (Å²) in [6.07, 6.45) is 9.96. The standard InChI is InChI=1S/C31H44N4O4/c1-21-7-9-23(10-8-21)29-6-4-5-25(39-29)17-33-28-19-32-18-26(22(28)2)31(36)35-14-11-24(12-15-35)34-27-13-16-38-20-30(27)37-3/h7-10,18-19,24-25,27,29-30,33-34H,4-6,11-17,20H2,1-3H3/t25-,27-,29+,30+/m1/s1. The number of hydrogen-bond acceptors (Lipinski definition) is 7. The average Bonchev–Trinajstić information content (AvgIpc) is 2.97. The van der Waals surface area contributed by atoms with Crippen molar-refractivity contribution in [1.29, 1.82) is 0 Å². The Hall–Kier alpha value is -2.52. The number of ether oxygens (including phenoxy) is 3. The number of nitrogens with zero attached hydrogens (tertiary/aromatic N) is 2. The molecule has 0 unspecified atom stereocenters. The van der Waals surface area contributed by atoms with Crippen LogP contribution in [-0.2, 0) is 14.2 Å². The summed E-state index contributed by atoms with van der Waals surface area (Å²) in [4.78, 5) is 19.9. The number of methoxy groups -OCH3 is 1. The average molecular weight is 537 g/mol. The van der Waals surface area contributed by atoms with E-state index in [1.165, 1.54) is 11.1 Å². The fourth-order valence-electron chi connectivity index (χ4n) is 6.08. The molecular weight excluding hydrogens is 492 g/mol. The normalized spacial score (nSPS) is 26.4. The van der Waals surface area contributed by atoms with Gasteiger partial charge in [0.15, 0.2) is 0 Å². The lowest BCUT2D eigenvalue weighted by atomic mass is 9.97. The van der Waals surface area contributed by atoms with Crippen molar-refractivity contribution < 1.29 is 19.0 Å². The Morgan fingerprint density at radius 2 is 1.87 bits per heavy atom. The maximum atomic E-state index is 13.5. The van der Waals surface area contributed by atoms with Crippen LogP contribution in [0.25, 0.3) is 0 Å². The zero-order valence-electron chi connectivity index (χ0n) is 23.7. The van der Waals surface area contributed by atoms with Gasteiger partial charge in [-0.1, -0.05) is 29.8 Å². The number of aryl methyl sites for hydroxylation is 1. The highest BCUT2D eigenvalue weighted by atomic mass is 16.5. The Morgan fingerprint density at radius 1 is 1.08 bits per heavy atom. The van der Waals surface area contributed by atoms with Gasteiger partial charge in [-0.25, -0.2) is 0 Å². The number of anilines is 1. The molecule has 5 rings (SSSR count). The van der Waals surface area contributed by atoms with Gasteiger partial charge < -0.3 is 29.7 Å². The van der Waals surface area contributed by atoms with Gasteiger partial charge in [0.05, 0.1) is 42.4 Å².